The first-order chi connectivity index (χ1) is 9.35. The molecule has 0 saturated carbocycles. The molecule has 0 atom stereocenters. The van der Waals surface area contributed by atoms with Gasteiger partial charge in [-0.15, -0.1) is 0 Å². The zero-order chi connectivity index (χ0) is 15.3. The summed E-state index contributed by atoms with van der Waals surface area (Å²) in [6.45, 7) is 6.02. The molecule has 6 heteroatoms. The highest BCUT2D eigenvalue weighted by molar-refractivity contribution is 6.33. The number of benzene rings is 1. The molecule has 1 aromatic rings. The van der Waals surface area contributed by atoms with Gasteiger partial charge in [-0.05, 0) is 39.0 Å². The Morgan fingerprint density at radius 2 is 2.05 bits per heavy atom. The lowest BCUT2D eigenvalue weighted by Crippen LogP contribution is -2.42. The van der Waals surface area contributed by atoms with Crippen molar-refractivity contribution in [2.75, 3.05) is 18.8 Å². The van der Waals surface area contributed by atoms with Gasteiger partial charge < -0.3 is 16.0 Å². The van der Waals surface area contributed by atoms with Crippen molar-refractivity contribution in [1.29, 1.82) is 0 Å². The van der Waals surface area contributed by atoms with E-state index in [1.54, 1.807) is 12.1 Å². The van der Waals surface area contributed by atoms with Crippen LogP contribution in [0.25, 0.3) is 0 Å². The van der Waals surface area contributed by atoms with Gasteiger partial charge >= 0.3 is 0 Å². The SMILES string of the molecule is CCN(CC(=O)NC(C)C)C(=O)c1ccc(N)c(Cl)c1. The first-order valence-corrected chi connectivity index (χ1v) is 6.86. The standard InChI is InChI=1S/C14H20ClN3O2/c1-4-18(8-13(19)17-9(2)3)14(20)10-5-6-12(16)11(15)7-10/h5-7,9H,4,8,16H2,1-3H3,(H,17,19). The highest BCUT2D eigenvalue weighted by Gasteiger charge is 2.18. The Morgan fingerprint density at radius 3 is 2.55 bits per heavy atom. The predicted octanol–water partition coefficient (Wildman–Crippen LogP) is 1.91. The molecule has 0 fully saturated rings. The monoisotopic (exact) mass is 297 g/mol. The maximum atomic E-state index is 12.3. The van der Waals surface area contributed by atoms with E-state index in [4.69, 9.17) is 17.3 Å². The minimum Gasteiger partial charge on any atom is -0.398 e. The van der Waals surface area contributed by atoms with Gasteiger partial charge in [0.05, 0.1) is 17.3 Å². The van der Waals surface area contributed by atoms with Crippen LogP contribution < -0.4 is 11.1 Å². The van der Waals surface area contributed by atoms with Crippen LogP contribution in [-0.4, -0.2) is 35.8 Å². The normalized spacial score (nSPS) is 10.4. The quantitative estimate of drug-likeness (QED) is 0.815. The van der Waals surface area contributed by atoms with E-state index in [1.165, 1.54) is 11.0 Å². The van der Waals surface area contributed by atoms with Crippen LogP contribution in [0.2, 0.25) is 5.02 Å². The molecular formula is C14H20ClN3O2. The molecule has 1 rings (SSSR count). The molecule has 0 aromatic heterocycles. The van der Waals surface area contributed by atoms with E-state index in [-0.39, 0.29) is 24.4 Å². The number of amides is 2. The molecule has 0 heterocycles. The van der Waals surface area contributed by atoms with Gasteiger partial charge in [0.25, 0.3) is 5.91 Å². The molecule has 1 aromatic carbocycles. The highest BCUT2D eigenvalue weighted by atomic mass is 35.5. The molecule has 0 spiro atoms. The zero-order valence-corrected chi connectivity index (χ0v) is 12.7. The molecular weight excluding hydrogens is 278 g/mol. The number of halogens is 1. The van der Waals surface area contributed by atoms with E-state index in [2.05, 4.69) is 5.32 Å². The van der Waals surface area contributed by atoms with Gasteiger partial charge in [-0.25, -0.2) is 0 Å². The molecule has 3 N–H and O–H groups in total. The second kappa shape index (κ2) is 7.14. The van der Waals surface area contributed by atoms with Gasteiger partial charge in [-0.3, -0.25) is 9.59 Å². The number of nitrogen functional groups attached to an aromatic ring is 1. The number of anilines is 1. The van der Waals surface area contributed by atoms with Crippen LogP contribution in [0.1, 0.15) is 31.1 Å². The number of nitrogens with two attached hydrogens (primary N) is 1. The van der Waals surface area contributed by atoms with Crippen molar-refractivity contribution in [3.8, 4) is 0 Å². The molecule has 5 nitrogen and oxygen atoms in total. The molecule has 0 radical (unpaired) electrons. The Morgan fingerprint density at radius 1 is 1.40 bits per heavy atom. The number of carbonyl (C=O) groups excluding carboxylic acids is 2. The number of hydrogen-bond acceptors (Lipinski definition) is 3. The summed E-state index contributed by atoms with van der Waals surface area (Å²) in [5.74, 6) is -0.426. The third-order valence-corrected chi connectivity index (χ3v) is 3.03. The van der Waals surface area contributed by atoms with Crippen molar-refractivity contribution in [2.45, 2.75) is 26.8 Å². The van der Waals surface area contributed by atoms with Crippen LogP contribution in [-0.2, 0) is 4.79 Å². The summed E-state index contributed by atoms with van der Waals surface area (Å²) in [6, 6.07) is 4.74. The third kappa shape index (κ3) is 4.42. The van der Waals surface area contributed by atoms with Gasteiger partial charge in [0.1, 0.15) is 0 Å². The maximum Gasteiger partial charge on any atom is 0.254 e. The fourth-order valence-corrected chi connectivity index (χ4v) is 1.89. The van der Waals surface area contributed by atoms with E-state index >= 15 is 0 Å². The summed E-state index contributed by atoms with van der Waals surface area (Å²) in [5.41, 5.74) is 6.45. The van der Waals surface area contributed by atoms with Gasteiger partial charge in [0.15, 0.2) is 0 Å². The zero-order valence-electron chi connectivity index (χ0n) is 11.9. The largest absolute Gasteiger partial charge is 0.398 e. The lowest BCUT2D eigenvalue weighted by Gasteiger charge is -2.21. The summed E-state index contributed by atoms with van der Waals surface area (Å²) in [6.07, 6.45) is 0. The van der Waals surface area contributed by atoms with Crippen molar-refractivity contribution in [1.82, 2.24) is 10.2 Å². The smallest absolute Gasteiger partial charge is 0.254 e. The summed E-state index contributed by atoms with van der Waals surface area (Å²) < 4.78 is 0. The Bertz CT molecular complexity index is 503. The Labute approximate surface area is 124 Å². The molecule has 0 bridgehead atoms. The third-order valence-electron chi connectivity index (χ3n) is 2.70. The second-order valence-electron chi connectivity index (χ2n) is 4.78. The fraction of sp³-hybridized carbons (Fsp3) is 0.429. The predicted molar refractivity (Wildman–Crippen MR) is 80.7 cm³/mol. The molecule has 20 heavy (non-hydrogen) atoms. The Hall–Kier alpha value is -1.75. The van der Waals surface area contributed by atoms with Gasteiger partial charge in [0, 0.05) is 18.2 Å². The number of nitrogens with zero attached hydrogens (tertiary/aromatic N) is 1. The Balaban J connectivity index is 2.81. The number of hydrogen-bond donors (Lipinski definition) is 2. The molecule has 0 aliphatic carbocycles. The number of carbonyl (C=O) groups is 2. The van der Waals surface area contributed by atoms with E-state index < -0.39 is 0 Å². The van der Waals surface area contributed by atoms with Crippen molar-refractivity contribution in [3.63, 3.8) is 0 Å². The lowest BCUT2D eigenvalue weighted by molar-refractivity contribution is -0.122. The van der Waals surface area contributed by atoms with Crippen LogP contribution in [0.3, 0.4) is 0 Å². The topological polar surface area (TPSA) is 75.4 Å². The molecule has 0 aliphatic rings. The summed E-state index contributed by atoms with van der Waals surface area (Å²) in [5, 5.41) is 3.09. The molecule has 0 unspecified atom stereocenters. The lowest BCUT2D eigenvalue weighted by atomic mass is 10.2. The minimum atomic E-state index is -0.242. The van der Waals surface area contributed by atoms with Crippen LogP contribution in [0.5, 0.6) is 0 Å². The van der Waals surface area contributed by atoms with Crippen molar-refractivity contribution >= 4 is 29.1 Å². The number of likely N-dealkylation sites (N-methyl/N-ethyl adjacent to an activating group) is 1. The van der Waals surface area contributed by atoms with E-state index in [0.717, 1.165) is 0 Å². The summed E-state index contributed by atoms with van der Waals surface area (Å²) in [4.78, 5) is 25.5. The maximum absolute atomic E-state index is 12.3. The van der Waals surface area contributed by atoms with Crippen LogP contribution >= 0.6 is 11.6 Å². The number of nitrogens with one attached hydrogen (secondary N) is 1. The van der Waals surface area contributed by atoms with Gasteiger partial charge in [-0.1, -0.05) is 11.6 Å². The summed E-state index contributed by atoms with van der Waals surface area (Å²) in [7, 11) is 0. The van der Waals surface area contributed by atoms with Crippen LogP contribution in [0.4, 0.5) is 5.69 Å². The van der Waals surface area contributed by atoms with Crippen LogP contribution in [0.15, 0.2) is 18.2 Å². The first kappa shape index (κ1) is 16.3. The molecule has 0 saturated heterocycles. The van der Waals surface area contributed by atoms with E-state index in [0.29, 0.717) is 22.8 Å². The van der Waals surface area contributed by atoms with Gasteiger partial charge in [-0.2, -0.15) is 0 Å². The molecule has 0 aliphatic heterocycles. The minimum absolute atomic E-state index is 0.0233. The van der Waals surface area contributed by atoms with Crippen molar-refractivity contribution < 1.29 is 9.59 Å². The van der Waals surface area contributed by atoms with Crippen molar-refractivity contribution in [3.05, 3.63) is 28.8 Å². The number of rotatable bonds is 5. The first-order valence-electron chi connectivity index (χ1n) is 6.48. The second-order valence-corrected chi connectivity index (χ2v) is 5.19. The van der Waals surface area contributed by atoms with Crippen molar-refractivity contribution in [2.24, 2.45) is 0 Å². The molecule has 110 valence electrons. The Kier molecular flexibility index (Phi) is 5.82. The van der Waals surface area contributed by atoms with E-state index in [9.17, 15) is 9.59 Å². The van der Waals surface area contributed by atoms with Gasteiger partial charge in [0.2, 0.25) is 5.91 Å². The average molecular weight is 298 g/mol. The highest BCUT2D eigenvalue weighted by Crippen LogP contribution is 2.20. The van der Waals surface area contributed by atoms with Crippen LogP contribution in [0, 0.1) is 0 Å². The summed E-state index contributed by atoms with van der Waals surface area (Å²) >= 11 is 5.91. The van der Waals surface area contributed by atoms with E-state index in [1.807, 2.05) is 20.8 Å². The molecule has 2 amide bonds. The fourth-order valence-electron chi connectivity index (χ4n) is 1.71. The average Bonchev–Trinajstić information content (AvgIpc) is 2.37.